The van der Waals surface area contributed by atoms with Crippen LogP contribution in [-0.2, 0) is 23.1 Å². The number of halogens is 3. The first kappa shape index (κ1) is 16.3. The summed E-state index contributed by atoms with van der Waals surface area (Å²) >= 11 is 6.92. The van der Waals surface area contributed by atoms with E-state index in [4.69, 9.17) is 17.3 Å². The smallest absolute Gasteiger partial charge is 0.243 e. The molecule has 0 spiro atoms. The fourth-order valence-electron chi connectivity index (χ4n) is 1.62. The van der Waals surface area contributed by atoms with Gasteiger partial charge in [0.15, 0.2) is 11.6 Å². The molecule has 0 saturated heterocycles. The van der Waals surface area contributed by atoms with Gasteiger partial charge in [0, 0.05) is 18.0 Å². The molecule has 4 nitrogen and oxygen atoms in total. The van der Waals surface area contributed by atoms with Crippen LogP contribution in [0.25, 0.3) is 0 Å². The Balaban J connectivity index is 2.29. The largest absolute Gasteiger partial charge is 0.326 e. The SMILES string of the molecule is NCc1cc(F)c(F)c(S(=O)(=O)NCc2ccc(Cl)s2)c1. The van der Waals surface area contributed by atoms with Crippen LogP contribution in [0.2, 0.25) is 4.34 Å². The first-order valence-corrected chi connectivity index (χ1v) is 8.43. The highest BCUT2D eigenvalue weighted by atomic mass is 35.5. The number of benzene rings is 1. The van der Waals surface area contributed by atoms with Crippen LogP contribution in [0.5, 0.6) is 0 Å². The van der Waals surface area contributed by atoms with Gasteiger partial charge in [-0.25, -0.2) is 21.9 Å². The van der Waals surface area contributed by atoms with E-state index >= 15 is 0 Å². The van der Waals surface area contributed by atoms with Crippen molar-refractivity contribution in [1.82, 2.24) is 4.72 Å². The maximum absolute atomic E-state index is 13.7. The molecule has 0 radical (unpaired) electrons. The Kier molecular flexibility index (Phi) is 4.95. The molecule has 114 valence electrons. The number of sulfonamides is 1. The Labute approximate surface area is 129 Å². The molecule has 1 aromatic heterocycles. The summed E-state index contributed by atoms with van der Waals surface area (Å²) in [5.74, 6) is -2.68. The molecule has 21 heavy (non-hydrogen) atoms. The minimum atomic E-state index is -4.19. The third-order valence-electron chi connectivity index (χ3n) is 2.65. The molecule has 0 bridgehead atoms. The zero-order valence-corrected chi connectivity index (χ0v) is 13.0. The quantitative estimate of drug-likeness (QED) is 0.868. The van der Waals surface area contributed by atoms with E-state index in [0.29, 0.717) is 9.21 Å². The Morgan fingerprint density at radius 2 is 2.00 bits per heavy atom. The molecule has 0 unspecified atom stereocenters. The first-order valence-electron chi connectivity index (χ1n) is 5.75. The maximum atomic E-state index is 13.7. The maximum Gasteiger partial charge on any atom is 0.243 e. The second-order valence-electron chi connectivity index (χ2n) is 4.12. The van der Waals surface area contributed by atoms with Crippen LogP contribution in [0.3, 0.4) is 0 Å². The van der Waals surface area contributed by atoms with Gasteiger partial charge < -0.3 is 5.73 Å². The summed E-state index contributed by atoms with van der Waals surface area (Å²) in [6, 6.07) is 5.14. The number of thiophene rings is 1. The van der Waals surface area contributed by atoms with Gasteiger partial charge in [-0.15, -0.1) is 11.3 Å². The van der Waals surface area contributed by atoms with E-state index in [1.165, 1.54) is 11.3 Å². The number of nitrogens with two attached hydrogens (primary N) is 1. The molecule has 0 aliphatic rings. The van der Waals surface area contributed by atoms with Crippen molar-refractivity contribution in [2.24, 2.45) is 5.73 Å². The summed E-state index contributed by atoms with van der Waals surface area (Å²) in [4.78, 5) is -0.106. The molecule has 0 fully saturated rings. The van der Waals surface area contributed by atoms with Gasteiger partial charge in [-0.3, -0.25) is 0 Å². The topological polar surface area (TPSA) is 72.2 Å². The minimum absolute atomic E-state index is 0.0619. The summed E-state index contributed by atoms with van der Waals surface area (Å²) in [5.41, 5.74) is 5.52. The Hall–Kier alpha value is -1.06. The van der Waals surface area contributed by atoms with Gasteiger partial charge >= 0.3 is 0 Å². The summed E-state index contributed by atoms with van der Waals surface area (Å²) in [6.45, 7) is -0.159. The number of hydrogen-bond donors (Lipinski definition) is 2. The lowest BCUT2D eigenvalue weighted by Crippen LogP contribution is -2.24. The van der Waals surface area contributed by atoms with Crippen LogP contribution in [-0.4, -0.2) is 8.42 Å². The zero-order valence-electron chi connectivity index (χ0n) is 10.6. The standard InChI is InChI=1S/C12H11ClF2N2O2S2/c13-11-2-1-8(20-11)6-17-21(18,19)10-4-7(5-16)3-9(14)12(10)15/h1-4,17H,5-6,16H2. The predicted octanol–water partition coefficient (Wildman–Crippen LogP) is 2.62. The summed E-state index contributed by atoms with van der Waals surface area (Å²) in [6.07, 6.45) is 0. The van der Waals surface area contributed by atoms with Gasteiger partial charge in [0.1, 0.15) is 4.90 Å². The average molecular weight is 353 g/mol. The Morgan fingerprint density at radius 1 is 1.29 bits per heavy atom. The highest BCUT2D eigenvalue weighted by Gasteiger charge is 2.22. The molecule has 9 heteroatoms. The fraction of sp³-hybridized carbons (Fsp3) is 0.167. The molecule has 1 aromatic carbocycles. The third-order valence-corrected chi connectivity index (χ3v) is 5.28. The molecule has 0 amide bonds. The predicted molar refractivity (Wildman–Crippen MR) is 77.6 cm³/mol. The van der Waals surface area contributed by atoms with Crippen molar-refractivity contribution in [3.05, 3.63) is 50.7 Å². The lowest BCUT2D eigenvalue weighted by Gasteiger charge is -2.09. The molecular weight excluding hydrogens is 342 g/mol. The van der Waals surface area contributed by atoms with E-state index < -0.39 is 26.6 Å². The highest BCUT2D eigenvalue weighted by molar-refractivity contribution is 7.89. The van der Waals surface area contributed by atoms with Crippen LogP contribution >= 0.6 is 22.9 Å². The van der Waals surface area contributed by atoms with Crippen LogP contribution < -0.4 is 10.5 Å². The molecule has 0 aliphatic heterocycles. The van der Waals surface area contributed by atoms with E-state index in [0.717, 1.165) is 12.1 Å². The van der Waals surface area contributed by atoms with E-state index in [2.05, 4.69) is 4.72 Å². The normalized spacial score (nSPS) is 11.8. The molecule has 2 aromatic rings. The lowest BCUT2D eigenvalue weighted by atomic mass is 10.2. The number of hydrogen-bond acceptors (Lipinski definition) is 4. The average Bonchev–Trinajstić information content (AvgIpc) is 2.85. The molecule has 1 heterocycles. The molecule has 0 atom stereocenters. The van der Waals surface area contributed by atoms with Crippen molar-refractivity contribution < 1.29 is 17.2 Å². The van der Waals surface area contributed by atoms with E-state index in [-0.39, 0.29) is 18.7 Å². The van der Waals surface area contributed by atoms with Gasteiger partial charge in [0.2, 0.25) is 10.0 Å². The summed E-state index contributed by atoms with van der Waals surface area (Å²) in [7, 11) is -4.19. The van der Waals surface area contributed by atoms with Crippen molar-refractivity contribution in [2.45, 2.75) is 18.0 Å². The van der Waals surface area contributed by atoms with E-state index in [1.807, 2.05) is 0 Å². The third kappa shape index (κ3) is 3.78. The molecule has 3 N–H and O–H groups in total. The number of nitrogens with one attached hydrogen (secondary N) is 1. The van der Waals surface area contributed by atoms with Crippen LogP contribution in [0.1, 0.15) is 10.4 Å². The highest BCUT2D eigenvalue weighted by Crippen LogP contribution is 2.23. The van der Waals surface area contributed by atoms with Gasteiger partial charge in [-0.2, -0.15) is 0 Å². The van der Waals surface area contributed by atoms with Crippen LogP contribution in [0, 0.1) is 11.6 Å². The van der Waals surface area contributed by atoms with Gasteiger partial charge in [-0.1, -0.05) is 11.6 Å². The molecule has 2 rings (SSSR count). The van der Waals surface area contributed by atoms with Crippen molar-refractivity contribution in [2.75, 3.05) is 0 Å². The minimum Gasteiger partial charge on any atom is -0.326 e. The lowest BCUT2D eigenvalue weighted by molar-refractivity contribution is 0.481. The van der Waals surface area contributed by atoms with Gasteiger partial charge in [0.05, 0.1) is 4.34 Å². The van der Waals surface area contributed by atoms with Crippen LogP contribution in [0.4, 0.5) is 8.78 Å². The van der Waals surface area contributed by atoms with Crippen LogP contribution in [0.15, 0.2) is 29.2 Å². The second kappa shape index (κ2) is 6.37. The van der Waals surface area contributed by atoms with E-state index in [1.54, 1.807) is 12.1 Å². The van der Waals surface area contributed by atoms with Crippen molar-refractivity contribution in [3.8, 4) is 0 Å². The Bertz CT molecular complexity index is 763. The van der Waals surface area contributed by atoms with Gasteiger partial charge in [-0.05, 0) is 29.8 Å². The summed E-state index contributed by atoms with van der Waals surface area (Å²) < 4.78 is 53.9. The molecule has 0 aliphatic carbocycles. The molecular formula is C12H11ClF2N2O2S2. The Morgan fingerprint density at radius 3 is 2.57 bits per heavy atom. The molecule has 0 saturated carbocycles. The monoisotopic (exact) mass is 352 g/mol. The van der Waals surface area contributed by atoms with E-state index in [9.17, 15) is 17.2 Å². The first-order chi connectivity index (χ1) is 9.83. The van der Waals surface area contributed by atoms with Gasteiger partial charge in [0.25, 0.3) is 0 Å². The van der Waals surface area contributed by atoms with Crippen molar-refractivity contribution in [3.63, 3.8) is 0 Å². The fourth-order valence-corrected chi connectivity index (χ4v) is 3.88. The number of rotatable bonds is 5. The summed E-state index contributed by atoms with van der Waals surface area (Å²) in [5, 5.41) is 0. The second-order valence-corrected chi connectivity index (χ2v) is 7.66. The van der Waals surface area contributed by atoms with Crippen molar-refractivity contribution >= 4 is 33.0 Å². The zero-order chi connectivity index (χ0) is 15.6. The van der Waals surface area contributed by atoms with Crippen molar-refractivity contribution in [1.29, 1.82) is 0 Å².